The van der Waals surface area contributed by atoms with E-state index in [4.69, 9.17) is 0 Å². The number of nitrogens with one attached hydrogen (secondary N) is 1. The molecule has 0 saturated carbocycles. The minimum absolute atomic E-state index is 0.209. The number of halogens is 1. The predicted molar refractivity (Wildman–Crippen MR) is 93.4 cm³/mol. The van der Waals surface area contributed by atoms with Crippen LogP contribution in [0.5, 0.6) is 0 Å². The lowest BCUT2D eigenvalue weighted by Crippen LogP contribution is -2.15. The number of carbonyl (C=O) groups excluding carboxylic acids is 1. The van der Waals surface area contributed by atoms with E-state index < -0.39 is 11.7 Å². The van der Waals surface area contributed by atoms with E-state index in [1.165, 1.54) is 18.5 Å². The predicted octanol–water partition coefficient (Wildman–Crippen LogP) is 3.34. The molecule has 0 bridgehead atoms. The Balaban J connectivity index is 1.87. The molecular weight excluding hydrogens is 321 g/mol. The van der Waals surface area contributed by atoms with E-state index in [-0.39, 0.29) is 5.56 Å². The van der Waals surface area contributed by atoms with Gasteiger partial charge in [0.15, 0.2) is 0 Å². The van der Waals surface area contributed by atoms with Crippen molar-refractivity contribution in [2.75, 3.05) is 17.3 Å². The number of carbonyl (C=O) groups is 1. The van der Waals surface area contributed by atoms with Crippen LogP contribution in [0.25, 0.3) is 0 Å². The van der Waals surface area contributed by atoms with Gasteiger partial charge in [-0.1, -0.05) is 0 Å². The number of aromatic nitrogens is 3. The zero-order chi connectivity index (χ0) is 17.8. The molecule has 0 fully saturated rings. The monoisotopic (exact) mass is 337 g/mol. The number of rotatable bonds is 4. The van der Waals surface area contributed by atoms with Crippen molar-refractivity contribution >= 4 is 23.0 Å². The largest absolute Gasteiger partial charge is 0.342 e. The first kappa shape index (κ1) is 16.5. The zero-order valence-electron chi connectivity index (χ0n) is 13.8. The Labute approximate surface area is 144 Å². The second-order valence-corrected chi connectivity index (χ2v) is 5.56. The highest BCUT2D eigenvalue weighted by atomic mass is 19.1. The molecule has 1 aromatic carbocycles. The molecule has 0 aliphatic heterocycles. The fourth-order valence-corrected chi connectivity index (χ4v) is 2.34. The van der Waals surface area contributed by atoms with E-state index in [0.29, 0.717) is 17.1 Å². The second kappa shape index (κ2) is 7.04. The van der Waals surface area contributed by atoms with Crippen molar-refractivity contribution in [2.24, 2.45) is 0 Å². The first-order valence-corrected chi connectivity index (χ1v) is 7.55. The lowest BCUT2D eigenvalue weighted by Gasteiger charge is -2.19. The first-order chi connectivity index (χ1) is 12.0. The highest BCUT2D eigenvalue weighted by molar-refractivity contribution is 6.04. The summed E-state index contributed by atoms with van der Waals surface area (Å²) in [5, 5.41) is 2.72. The summed E-state index contributed by atoms with van der Waals surface area (Å²) in [5.74, 6) is -0.917. The van der Waals surface area contributed by atoms with E-state index in [1.807, 2.05) is 6.92 Å². The normalized spacial score (nSPS) is 10.4. The minimum Gasteiger partial charge on any atom is -0.342 e. The highest BCUT2D eigenvalue weighted by Crippen LogP contribution is 2.24. The third-order valence-corrected chi connectivity index (χ3v) is 3.60. The molecule has 0 spiro atoms. The molecule has 2 aromatic heterocycles. The molecular formula is C18H16FN5O. The van der Waals surface area contributed by atoms with Crippen molar-refractivity contribution in [3.63, 3.8) is 0 Å². The molecule has 0 aliphatic carbocycles. The maximum absolute atomic E-state index is 14.0. The molecule has 1 N–H and O–H groups in total. The Bertz CT molecular complexity index is 901. The van der Waals surface area contributed by atoms with Crippen LogP contribution in [0.15, 0.2) is 55.4 Å². The maximum atomic E-state index is 14.0. The van der Waals surface area contributed by atoms with Gasteiger partial charge >= 0.3 is 0 Å². The summed E-state index contributed by atoms with van der Waals surface area (Å²) >= 11 is 0. The average Bonchev–Trinajstić information content (AvgIpc) is 2.61. The highest BCUT2D eigenvalue weighted by Gasteiger charge is 2.13. The Kier molecular flexibility index (Phi) is 4.65. The molecule has 0 radical (unpaired) electrons. The van der Waals surface area contributed by atoms with Gasteiger partial charge in [0.1, 0.15) is 12.1 Å². The molecule has 0 unspecified atom stereocenters. The van der Waals surface area contributed by atoms with Crippen LogP contribution in [0, 0.1) is 12.7 Å². The van der Waals surface area contributed by atoms with Gasteiger partial charge < -0.3 is 10.2 Å². The van der Waals surface area contributed by atoms with Crippen molar-refractivity contribution in [1.29, 1.82) is 0 Å². The minimum atomic E-state index is -0.506. The van der Waals surface area contributed by atoms with Crippen LogP contribution in [0.3, 0.4) is 0 Å². The zero-order valence-corrected chi connectivity index (χ0v) is 13.8. The summed E-state index contributed by atoms with van der Waals surface area (Å²) in [6, 6.07) is 5.93. The van der Waals surface area contributed by atoms with Crippen LogP contribution in [-0.4, -0.2) is 27.9 Å². The topological polar surface area (TPSA) is 71.0 Å². The van der Waals surface area contributed by atoms with Crippen LogP contribution in [0.4, 0.5) is 21.5 Å². The van der Waals surface area contributed by atoms with Crippen LogP contribution >= 0.6 is 0 Å². The molecule has 7 heteroatoms. The van der Waals surface area contributed by atoms with E-state index in [0.717, 1.165) is 5.56 Å². The standard InChI is InChI=1S/C18H16FN5O/c1-12-3-15(8-20-7-12)23-18(25)13-4-14(19)6-16(5-13)24(2)17-9-21-11-22-10-17/h3-11H,1-2H3,(H,23,25). The lowest BCUT2D eigenvalue weighted by molar-refractivity contribution is 0.102. The van der Waals surface area contributed by atoms with Crippen molar-refractivity contribution in [1.82, 2.24) is 15.0 Å². The third-order valence-electron chi connectivity index (χ3n) is 3.60. The van der Waals surface area contributed by atoms with Crippen molar-refractivity contribution in [3.05, 3.63) is 72.3 Å². The van der Waals surface area contributed by atoms with Crippen LogP contribution < -0.4 is 10.2 Å². The number of aryl methyl sites for hydroxylation is 1. The van der Waals surface area contributed by atoms with Gasteiger partial charge in [0.25, 0.3) is 5.91 Å². The van der Waals surface area contributed by atoms with Gasteiger partial charge in [0.05, 0.1) is 30.0 Å². The fourth-order valence-electron chi connectivity index (χ4n) is 2.34. The van der Waals surface area contributed by atoms with Gasteiger partial charge in [-0.05, 0) is 36.8 Å². The first-order valence-electron chi connectivity index (χ1n) is 7.55. The van der Waals surface area contributed by atoms with E-state index in [1.54, 1.807) is 48.9 Å². The van der Waals surface area contributed by atoms with Gasteiger partial charge in [-0.15, -0.1) is 0 Å². The van der Waals surface area contributed by atoms with Gasteiger partial charge in [0, 0.05) is 24.5 Å². The van der Waals surface area contributed by atoms with E-state index in [9.17, 15) is 9.18 Å². The van der Waals surface area contributed by atoms with Gasteiger partial charge in [0.2, 0.25) is 0 Å². The number of amides is 1. The summed E-state index contributed by atoms with van der Waals surface area (Å²) < 4.78 is 14.0. The Morgan fingerprint density at radius 1 is 1.00 bits per heavy atom. The molecule has 0 atom stereocenters. The van der Waals surface area contributed by atoms with Gasteiger partial charge in [-0.25, -0.2) is 14.4 Å². The lowest BCUT2D eigenvalue weighted by atomic mass is 10.1. The number of anilines is 3. The second-order valence-electron chi connectivity index (χ2n) is 5.56. The average molecular weight is 337 g/mol. The molecule has 2 heterocycles. The summed E-state index contributed by atoms with van der Waals surface area (Å²) in [6.45, 7) is 1.87. The van der Waals surface area contributed by atoms with Crippen LogP contribution in [0.1, 0.15) is 15.9 Å². The number of pyridine rings is 1. The molecule has 126 valence electrons. The van der Waals surface area contributed by atoms with Crippen LogP contribution in [0.2, 0.25) is 0 Å². The molecule has 3 rings (SSSR count). The van der Waals surface area contributed by atoms with Gasteiger partial charge in [-0.3, -0.25) is 9.78 Å². The Hall–Kier alpha value is -3.35. The SMILES string of the molecule is Cc1cncc(NC(=O)c2cc(F)cc(N(C)c3cncnc3)c2)c1. The maximum Gasteiger partial charge on any atom is 0.255 e. The summed E-state index contributed by atoms with van der Waals surface area (Å²) in [5.41, 5.74) is 2.88. The Morgan fingerprint density at radius 3 is 2.48 bits per heavy atom. The van der Waals surface area contributed by atoms with E-state index in [2.05, 4.69) is 20.3 Å². The van der Waals surface area contributed by atoms with E-state index >= 15 is 0 Å². The van der Waals surface area contributed by atoms with Gasteiger partial charge in [-0.2, -0.15) is 0 Å². The number of hydrogen-bond donors (Lipinski definition) is 1. The third kappa shape index (κ3) is 3.95. The summed E-state index contributed by atoms with van der Waals surface area (Å²) in [4.78, 5) is 26.1. The van der Waals surface area contributed by atoms with Crippen molar-refractivity contribution in [3.8, 4) is 0 Å². The quantitative estimate of drug-likeness (QED) is 0.790. The summed E-state index contributed by atoms with van der Waals surface area (Å²) in [6.07, 6.45) is 7.86. The van der Waals surface area contributed by atoms with Crippen LogP contribution in [-0.2, 0) is 0 Å². The van der Waals surface area contributed by atoms with Crippen molar-refractivity contribution in [2.45, 2.75) is 6.92 Å². The molecule has 6 nitrogen and oxygen atoms in total. The molecule has 1 amide bonds. The fraction of sp³-hybridized carbons (Fsp3) is 0.111. The number of hydrogen-bond acceptors (Lipinski definition) is 5. The molecule has 0 aliphatic rings. The number of nitrogens with zero attached hydrogens (tertiary/aromatic N) is 4. The molecule has 3 aromatic rings. The van der Waals surface area contributed by atoms with Crippen molar-refractivity contribution < 1.29 is 9.18 Å². The molecule has 25 heavy (non-hydrogen) atoms. The Morgan fingerprint density at radius 2 is 1.76 bits per heavy atom. The summed E-state index contributed by atoms with van der Waals surface area (Å²) in [7, 11) is 1.75. The smallest absolute Gasteiger partial charge is 0.255 e. The number of benzene rings is 1. The molecule has 0 saturated heterocycles.